The number of unbranched alkanes of at least 4 members (excludes halogenated alkanes) is 1. The number of hydrogen-bond acceptors (Lipinski definition) is 3. The molecular weight excluding hydrogens is 238 g/mol. The zero-order valence-corrected chi connectivity index (χ0v) is 12.3. The number of aryl methyl sites for hydroxylation is 1. The van der Waals surface area contributed by atoms with E-state index in [0.717, 1.165) is 12.1 Å². The van der Waals surface area contributed by atoms with E-state index in [1.54, 1.807) is 0 Å². The molecule has 0 aliphatic carbocycles. The van der Waals surface area contributed by atoms with Crippen LogP contribution in [0.4, 0.5) is 5.69 Å². The molecule has 106 valence electrons. The number of carbonyl (C=O) groups is 1. The SMILES string of the molecule is CCCCc1ccc(N(C)CCC(=O)OCC)cc1. The van der Waals surface area contributed by atoms with Gasteiger partial charge in [-0.1, -0.05) is 25.5 Å². The van der Waals surface area contributed by atoms with Crippen LogP contribution in [-0.4, -0.2) is 26.2 Å². The molecule has 0 atom stereocenters. The highest BCUT2D eigenvalue weighted by Crippen LogP contribution is 2.15. The van der Waals surface area contributed by atoms with Crippen LogP contribution in [0.15, 0.2) is 24.3 Å². The predicted octanol–water partition coefficient (Wildman–Crippen LogP) is 3.42. The van der Waals surface area contributed by atoms with Crippen LogP contribution < -0.4 is 4.90 Å². The van der Waals surface area contributed by atoms with Crippen LogP contribution in [0.2, 0.25) is 0 Å². The molecule has 3 heteroatoms. The highest BCUT2D eigenvalue weighted by Gasteiger charge is 2.06. The van der Waals surface area contributed by atoms with Gasteiger partial charge in [-0.2, -0.15) is 0 Å². The molecule has 3 nitrogen and oxygen atoms in total. The van der Waals surface area contributed by atoms with Crippen molar-refractivity contribution in [1.82, 2.24) is 0 Å². The van der Waals surface area contributed by atoms with E-state index in [-0.39, 0.29) is 5.97 Å². The molecule has 0 aromatic heterocycles. The summed E-state index contributed by atoms with van der Waals surface area (Å²) >= 11 is 0. The number of nitrogens with zero attached hydrogens (tertiary/aromatic N) is 1. The van der Waals surface area contributed by atoms with Crippen molar-refractivity contribution in [2.75, 3.05) is 25.1 Å². The van der Waals surface area contributed by atoms with Crippen LogP contribution >= 0.6 is 0 Å². The van der Waals surface area contributed by atoms with Crippen LogP contribution in [0.1, 0.15) is 38.7 Å². The summed E-state index contributed by atoms with van der Waals surface area (Å²) in [6.07, 6.45) is 4.03. The van der Waals surface area contributed by atoms with E-state index in [4.69, 9.17) is 4.74 Å². The largest absolute Gasteiger partial charge is 0.466 e. The molecule has 0 fully saturated rings. The summed E-state index contributed by atoms with van der Waals surface area (Å²) < 4.78 is 4.93. The van der Waals surface area contributed by atoms with E-state index in [1.807, 2.05) is 14.0 Å². The average Bonchev–Trinajstić information content (AvgIpc) is 2.43. The lowest BCUT2D eigenvalue weighted by Gasteiger charge is -2.19. The van der Waals surface area contributed by atoms with E-state index in [1.165, 1.54) is 18.4 Å². The van der Waals surface area contributed by atoms with E-state index in [9.17, 15) is 4.79 Å². The molecule has 1 aromatic carbocycles. The lowest BCUT2D eigenvalue weighted by molar-refractivity contribution is -0.142. The van der Waals surface area contributed by atoms with Crippen LogP contribution in [0.3, 0.4) is 0 Å². The zero-order valence-electron chi connectivity index (χ0n) is 12.3. The Morgan fingerprint density at radius 3 is 2.47 bits per heavy atom. The van der Waals surface area contributed by atoms with Crippen LogP contribution in [-0.2, 0) is 16.0 Å². The summed E-state index contributed by atoms with van der Waals surface area (Å²) in [5.41, 5.74) is 2.52. The summed E-state index contributed by atoms with van der Waals surface area (Å²) in [6.45, 7) is 5.18. The molecule has 0 radical (unpaired) electrons. The van der Waals surface area contributed by atoms with Crippen LogP contribution in [0.5, 0.6) is 0 Å². The van der Waals surface area contributed by atoms with Crippen molar-refractivity contribution < 1.29 is 9.53 Å². The summed E-state index contributed by atoms with van der Waals surface area (Å²) in [5.74, 6) is -0.131. The maximum absolute atomic E-state index is 11.3. The number of ether oxygens (including phenoxy) is 1. The molecule has 0 unspecified atom stereocenters. The maximum atomic E-state index is 11.3. The Kier molecular flexibility index (Phi) is 7.01. The first-order valence-corrected chi connectivity index (χ1v) is 7.13. The molecule has 0 saturated carbocycles. The molecular formula is C16H25NO2. The normalized spacial score (nSPS) is 10.3. The Morgan fingerprint density at radius 1 is 1.21 bits per heavy atom. The molecule has 0 amide bonds. The summed E-state index contributed by atoms with van der Waals surface area (Å²) in [4.78, 5) is 13.4. The van der Waals surface area contributed by atoms with Gasteiger partial charge in [0, 0.05) is 19.3 Å². The second-order valence-electron chi connectivity index (χ2n) is 4.75. The van der Waals surface area contributed by atoms with Crippen molar-refractivity contribution in [3.63, 3.8) is 0 Å². The molecule has 0 aliphatic rings. The Hall–Kier alpha value is -1.51. The predicted molar refractivity (Wildman–Crippen MR) is 79.6 cm³/mol. The van der Waals surface area contributed by atoms with Crippen LogP contribution in [0, 0.1) is 0 Å². The van der Waals surface area contributed by atoms with Gasteiger partial charge < -0.3 is 9.64 Å². The Balaban J connectivity index is 2.43. The van der Waals surface area contributed by atoms with Gasteiger partial charge >= 0.3 is 5.97 Å². The summed E-state index contributed by atoms with van der Waals surface area (Å²) in [6, 6.07) is 8.59. The van der Waals surface area contributed by atoms with E-state index in [2.05, 4.69) is 36.1 Å². The minimum atomic E-state index is -0.131. The fraction of sp³-hybridized carbons (Fsp3) is 0.562. The second kappa shape index (κ2) is 8.57. The first-order valence-electron chi connectivity index (χ1n) is 7.13. The fourth-order valence-electron chi connectivity index (χ4n) is 1.92. The topological polar surface area (TPSA) is 29.5 Å². The van der Waals surface area contributed by atoms with Crippen molar-refractivity contribution >= 4 is 11.7 Å². The number of hydrogen-bond donors (Lipinski definition) is 0. The summed E-state index contributed by atoms with van der Waals surface area (Å²) in [5, 5.41) is 0. The number of anilines is 1. The van der Waals surface area contributed by atoms with Crippen LogP contribution in [0.25, 0.3) is 0 Å². The number of benzene rings is 1. The van der Waals surface area contributed by atoms with Crippen molar-refractivity contribution in [3.8, 4) is 0 Å². The smallest absolute Gasteiger partial charge is 0.307 e. The van der Waals surface area contributed by atoms with Gasteiger partial charge in [0.1, 0.15) is 0 Å². The molecule has 0 saturated heterocycles. The van der Waals surface area contributed by atoms with Crippen molar-refractivity contribution in [1.29, 1.82) is 0 Å². The quantitative estimate of drug-likeness (QED) is 0.673. The molecule has 0 spiro atoms. The van der Waals surface area contributed by atoms with Gasteiger partial charge in [-0.05, 0) is 37.5 Å². The molecule has 1 aromatic rings. The molecule has 0 heterocycles. The Morgan fingerprint density at radius 2 is 1.89 bits per heavy atom. The third-order valence-corrected chi connectivity index (χ3v) is 3.15. The third-order valence-electron chi connectivity index (χ3n) is 3.15. The number of esters is 1. The Labute approximate surface area is 116 Å². The molecule has 19 heavy (non-hydrogen) atoms. The van der Waals surface area contributed by atoms with Gasteiger partial charge in [0.05, 0.1) is 13.0 Å². The molecule has 0 N–H and O–H groups in total. The minimum Gasteiger partial charge on any atom is -0.466 e. The number of carbonyl (C=O) groups excluding carboxylic acids is 1. The zero-order chi connectivity index (χ0) is 14.1. The maximum Gasteiger partial charge on any atom is 0.307 e. The van der Waals surface area contributed by atoms with Crippen molar-refractivity contribution in [2.45, 2.75) is 39.5 Å². The monoisotopic (exact) mass is 263 g/mol. The lowest BCUT2D eigenvalue weighted by atomic mass is 10.1. The Bertz CT molecular complexity index is 373. The van der Waals surface area contributed by atoms with Gasteiger partial charge in [0.25, 0.3) is 0 Å². The fourth-order valence-corrected chi connectivity index (χ4v) is 1.92. The van der Waals surface area contributed by atoms with E-state index < -0.39 is 0 Å². The second-order valence-corrected chi connectivity index (χ2v) is 4.75. The number of rotatable bonds is 8. The van der Waals surface area contributed by atoms with Gasteiger partial charge in [-0.3, -0.25) is 4.79 Å². The van der Waals surface area contributed by atoms with Gasteiger partial charge in [0.15, 0.2) is 0 Å². The molecule has 0 bridgehead atoms. The standard InChI is InChI=1S/C16H25NO2/c1-4-6-7-14-8-10-15(11-9-14)17(3)13-12-16(18)19-5-2/h8-11H,4-7,12-13H2,1-3H3. The highest BCUT2D eigenvalue weighted by atomic mass is 16.5. The van der Waals surface area contributed by atoms with Gasteiger partial charge in [-0.25, -0.2) is 0 Å². The molecule has 0 aliphatic heterocycles. The van der Waals surface area contributed by atoms with Gasteiger partial charge in [-0.15, -0.1) is 0 Å². The first kappa shape index (κ1) is 15.5. The van der Waals surface area contributed by atoms with Crippen molar-refractivity contribution in [2.24, 2.45) is 0 Å². The van der Waals surface area contributed by atoms with E-state index >= 15 is 0 Å². The molecule has 1 rings (SSSR count). The van der Waals surface area contributed by atoms with E-state index in [0.29, 0.717) is 19.6 Å². The third kappa shape index (κ3) is 5.77. The van der Waals surface area contributed by atoms with Gasteiger partial charge in [0.2, 0.25) is 0 Å². The highest BCUT2D eigenvalue weighted by molar-refractivity contribution is 5.70. The summed E-state index contributed by atoms with van der Waals surface area (Å²) in [7, 11) is 2.00. The average molecular weight is 263 g/mol. The van der Waals surface area contributed by atoms with Crippen molar-refractivity contribution in [3.05, 3.63) is 29.8 Å². The first-order chi connectivity index (χ1) is 9.17. The lowest BCUT2D eigenvalue weighted by Crippen LogP contribution is -2.21. The minimum absolute atomic E-state index is 0.131.